The van der Waals surface area contributed by atoms with E-state index >= 15 is 0 Å². The Labute approximate surface area is 90.5 Å². The van der Waals surface area contributed by atoms with Gasteiger partial charge in [0.15, 0.2) is 0 Å². The van der Waals surface area contributed by atoms with Crippen molar-refractivity contribution in [3.8, 4) is 0 Å². The fourth-order valence-corrected chi connectivity index (χ4v) is 1.82. The number of furan rings is 1. The second kappa shape index (κ2) is 5.73. The lowest BCUT2D eigenvalue weighted by atomic mass is 10.1. The van der Waals surface area contributed by atoms with Crippen LogP contribution in [0.4, 0.5) is 0 Å². The monoisotopic (exact) mass is 206 g/mol. The molecule has 15 heavy (non-hydrogen) atoms. The Hall–Kier alpha value is -1.06. The first-order valence-corrected chi connectivity index (χ1v) is 5.59. The largest absolute Gasteiger partial charge is 0.465 e. The third kappa shape index (κ3) is 3.53. The van der Waals surface area contributed by atoms with E-state index in [0.717, 1.165) is 25.4 Å². The average Bonchev–Trinajstić information content (AvgIpc) is 2.79. The van der Waals surface area contributed by atoms with Gasteiger partial charge in [0.05, 0.1) is 6.26 Å². The second-order valence-corrected chi connectivity index (χ2v) is 3.85. The number of hydrogen-bond acceptors (Lipinski definition) is 3. The molecule has 2 heterocycles. The Morgan fingerprint density at radius 3 is 3.07 bits per heavy atom. The van der Waals surface area contributed by atoms with Gasteiger partial charge in [0, 0.05) is 12.6 Å². The van der Waals surface area contributed by atoms with Crippen LogP contribution in [-0.4, -0.2) is 25.7 Å². The van der Waals surface area contributed by atoms with Crippen molar-refractivity contribution in [2.75, 3.05) is 19.6 Å². The molecule has 1 aliphatic heterocycles. The van der Waals surface area contributed by atoms with Gasteiger partial charge in [-0.2, -0.15) is 0 Å². The predicted molar refractivity (Wildman–Crippen MR) is 61.6 cm³/mol. The molecule has 1 fully saturated rings. The molecular weight excluding hydrogens is 188 g/mol. The van der Waals surface area contributed by atoms with E-state index in [-0.39, 0.29) is 0 Å². The summed E-state index contributed by atoms with van der Waals surface area (Å²) >= 11 is 0. The lowest BCUT2D eigenvalue weighted by molar-refractivity contribution is 0.400. The lowest BCUT2D eigenvalue weighted by Gasteiger charge is -2.22. The SMILES string of the molecule is C(=C\c1ccco1)/CNC1CCNCC1. The van der Waals surface area contributed by atoms with Crippen molar-refractivity contribution in [2.24, 2.45) is 0 Å². The molecular formula is C12H18N2O. The van der Waals surface area contributed by atoms with E-state index in [1.54, 1.807) is 6.26 Å². The second-order valence-electron chi connectivity index (χ2n) is 3.85. The van der Waals surface area contributed by atoms with Crippen LogP contribution in [0.25, 0.3) is 6.08 Å². The highest BCUT2D eigenvalue weighted by atomic mass is 16.3. The summed E-state index contributed by atoms with van der Waals surface area (Å²) in [6.07, 6.45) is 8.28. The van der Waals surface area contributed by atoms with E-state index in [2.05, 4.69) is 16.7 Å². The average molecular weight is 206 g/mol. The summed E-state index contributed by atoms with van der Waals surface area (Å²) in [5.41, 5.74) is 0. The summed E-state index contributed by atoms with van der Waals surface area (Å²) in [6.45, 7) is 3.20. The zero-order valence-corrected chi connectivity index (χ0v) is 8.91. The van der Waals surface area contributed by atoms with Crippen molar-refractivity contribution < 1.29 is 4.42 Å². The topological polar surface area (TPSA) is 37.2 Å². The van der Waals surface area contributed by atoms with Crippen molar-refractivity contribution in [1.29, 1.82) is 0 Å². The van der Waals surface area contributed by atoms with Crippen LogP contribution in [0.3, 0.4) is 0 Å². The smallest absolute Gasteiger partial charge is 0.126 e. The zero-order valence-electron chi connectivity index (χ0n) is 8.91. The molecule has 0 amide bonds. The summed E-state index contributed by atoms with van der Waals surface area (Å²) in [5.74, 6) is 0.919. The van der Waals surface area contributed by atoms with E-state index in [9.17, 15) is 0 Å². The van der Waals surface area contributed by atoms with E-state index in [1.807, 2.05) is 18.2 Å². The molecule has 1 aliphatic rings. The normalized spacial score (nSPS) is 18.7. The number of hydrogen-bond donors (Lipinski definition) is 2. The third-order valence-electron chi connectivity index (χ3n) is 2.69. The molecule has 0 saturated carbocycles. The van der Waals surface area contributed by atoms with Gasteiger partial charge >= 0.3 is 0 Å². The molecule has 0 spiro atoms. The molecule has 0 atom stereocenters. The summed E-state index contributed by atoms with van der Waals surface area (Å²) in [4.78, 5) is 0. The molecule has 1 aromatic heterocycles. The van der Waals surface area contributed by atoms with Crippen LogP contribution in [-0.2, 0) is 0 Å². The highest BCUT2D eigenvalue weighted by molar-refractivity contribution is 5.42. The van der Waals surface area contributed by atoms with Crippen molar-refractivity contribution in [2.45, 2.75) is 18.9 Å². The van der Waals surface area contributed by atoms with Gasteiger partial charge in [0.25, 0.3) is 0 Å². The van der Waals surface area contributed by atoms with E-state index < -0.39 is 0 Å². The lowest BCUT2D eigenvalue weighted by Crippen LogP contribution is -2.39. The Morgan fingerprint density at radius 2 is 2.33 bits per heavy atom. The number of nitrogens with one attached hydrogen (secondary N) is 2. The molecule has 3 nitrogen and oxygen atoms in total. The van der Waals surface area contributed by atoms with Gasteiger partial charge in [-0.05, 0) is 44.1 Å². The van der Waals surface area contributed by atoms with Gasteiger partial charge in [-0.15, -0.1) is 0 Å². The fraction of sp³-hybridized carbons (Fsp3) is 0.500. The van der Waals surface area contributed by atoms with Crippen LogP contribution in [0.1, 0.15) is 18.6 Å². The van der Waals surface area contributed by atoms with Gasteiger partial charge < -0.3 is 15.1 Å². The van der Waals surface area contributed by atoms with Gasteiger partial charge in [-0.3, -0.25) is 0 Å². The fourth-order valence-electron chi connectivity index (χ4n) is 1.82. The molecule has 82 valence electrons. The molecule has 0 bridgehead atoms. The summed E-state index contributed by atoms with van der Waals surface area (Å²) in [7, 11) is 0. The molecule has 0 aromatic carbocycles. The Kier molecular flexibility index (Phi) is 4.00. The van der Waals surface area contributed by atoms with Gasteiger partial charge in [0.1, 0.15) is 5.76 Å². The van der Waals surface area contributed by atoms with Crippen LogP contribution in [0.2, 0.25) is 0 Å². The van der Waals surface area contributed by atoms with Crippen molar-refractivity contribution in [1.82, 2.24) is 10.6 Å². The van der Waals surface area contributed by atoms with Crippen LogP contribution >= 0.6 is 0 Å². The number of piperidine rings is 1. The van der Waals surface area contributed by atoms with Crippen molar-refractivity contribution >= 4 is 6.08 Å². The standard InChI is InChI=1S/C12H18N2O/c1(3-12-4-2-10-15-12)7-14-11-5-8-13-9-6-11/h1-4,10-11,13-14H,5-9H2/b3-1+. The zero-order chi connectivity index (χ0) is 10.3. The minimum Gasteiger partial charge on any atom is -0.465 e. The molecule has 1 aromatic rings. The van der Waals surface area contributed by atoms with Crippen molar-refractivity contribution in [3.63, 3.8) is 0 Å². The highest BCUT2D eigenvalue weighted by Crippen LogP contribution is 2.03. The first-order chi connectivity index (χ1) is 7.45. The molecule has 0 aliphatic carbocycles. The van der Waals surface area contributed by atoms with Gasteiger partial charge in [0.2, 0.25) is 0 Å². The van der Waals surface area contributed by atoms with E-state index in [0.29, 0.717) is 6.04 Å². The first kappa shape index (κ1) is 10.5. The maximum Gasteiger partial charge on any atom is 0.126 e. The van der Waals surface area contributed by atoms with Gasteiger partial charge in [-0.1, -0.05) is 6.08 Å². The Balaban J connectivity index is 1.65. The molecule has 3 heteroatoms. The van der Waals surface area contributed by atoms with Crippen molar-refractivity contribution in [3.05, 3.63) is 30.2 Å². The quantitative estimate of drug-likeness (QED) is 0.786. The molecule has 0 unspecified atom stereocenters. The predicted octanol–water partition coefficient (Wildman–Crippen LogP) is 1.63. The van der Waals surface area contributed by atoms with Crippen LogP contribution in [0, 0.1) is 0 Å². The van der Waals surface area contributed by atoms with Crippen LogP contribution < -0.4 is 10.6 Å². The molecule has 1 saturated heterocycles. The summed E-state index contributed by atoms with van der Waals surface area (Å²) in [6, 6.07) is 4.54. The Morgan fingerprint density at radius 1 is 1.47 bits per heavy atom. The minimum atomic E-state index is 0.674. The summed E-state index contributed by atoms with van der Waals surface area (Å²) < 4.78 is 5.20. The summed E-state index contributed by atoms with van der Waals surface area (Å²) in [5, 5.41) is 6.87. The first-order valence-electron chi connectivity index (χ1n) is 5.59. The molecule has 0 radical (unpaired) electrons. The van der Waals surface area contributed by atoms with E-state index in [1.165, 1.54) is 12.8 Å². The van der Waals surface area contributed by atoms with E-state index in [4.69, 9.17) is 4.42 Å². The van der Waals surface area contributed by atoms with Crippen LogP contribution in [0.5, 0.6) is 0 Å². The third-order valence-corrected chi connectivity index (χ3v) is 2.69. The number of rotatable bonds is 4. The minimum absolute atomic E-state index is 0.674. The molecule has 2 N–H and O–H groups in total. The highest BCUT2D eigenvalue weighted by Gasteiger charge is 2.10. The van der Waals surface area contributed by atoms with Crippen LogP contribution in [0.15, 0.2) is 28.9 Å². The van der Waals surface area contributed by atoms with Gasteiger partial charge in [-0.25, -0.2) is 0 Å². The molecule has 2 rings (SSSR count). The Bertz CT molecular complexity index is 287. The maximum absolute atomic E-state index is 5.20. The maximum atomic E-state index is 5.20.